The molecule has 2 aromatic carbocycles. The van der Waals surface area contributed by atoms with Crippen molar-refractivity contribution in [1.82, 2.24) is 0 Å². The second-order valence-corrected chi connectivity index (χ2v) is 8.36. The van der Waals surface area contributed by atoms with Gasteiger partial charge in [-0.3, -0.25) is 4.72 Å². The Kier molecular flexibility index (Phi) is 3.80. The van der Waals surface area contributed by atoms with Crippen molar-refractivity contribution in [3.8, 4) is 5.75 Å². The summed E-state index contributed by atoms with van der Waals surface area (Å²) >= 11 is 3.14. The van der Waals surface area contributed by atoms with Crippen LogP contribution in [0.2, 0.25) is 0 Å². The number of phenolic OH excluding ortho intramolecular Hbond substituents is 1. The fraction of sp³-hybridized carbons (Fsp3) is 0. The van der Waals surface area contributed by atoms with E-state index in [9.17, 15) is 13.5 Å². The summed E-state index contributed by atoms with van der Waals surface area (Å²) in [6.07, 6.45) is 0. The maximum absolute atomic E-state index is 12.3. The second kappa shape index (κ2) is 5.47. The molecule has 0 aliphatic rings. The van der Waals surface area contributed by atoms with Crippen molar-refractivity contribution in [2.24, 2.45) is 0 Å². The van der Waals surface area contributed by atoms with Gasteiger partial charge in [-0.2, -0.15) is 0 Å². The lowest BCUT2D eigenvalue weighted by Crippen LogP contribution is -2.11. The van der Waals surface area contributed by atoms with Crippen molar-refractivity contribution < 1.29 is 13.5 Å². The zero-order valence-electron chi connectivity index (χ0n) is 10.6. The van der Waals surface area contributed by atoms with Crippen LogP contribution in [0.15, 0.2) is 52.1 Å². The molecule has 21 heavy (non-hydrogen) atoms. The fourth-order valence-corrected chi connectivity index (χ4v) is 4.69. The minimum Gasteiger partial charge on any atom is -0.506 e. The van der Waals surface area contributed by atoms with Crippen LogP contribution in [-0.4, -0.2) is 13.5 Å². The lowest BCUT2D eigenvalue weighted by Gasteiger charge is -2.12. The molecule has 0 bridgehead atoms. The summed E-state index contributed by atoms with van der Waals surface area (Å²) in [5.41, 5.74) is 0.459. The number of nitrogens with one attached hydrogen (secondary N) is 1. The summed E-state index contributed by atoms with van der Waals surface area (Å²) in [6, 6.07) is 12.0. The molecule has 1 aromatic heterocycles. The first kappa shape index (κ1) is 14.6. The molecule has 0 amide bonds. The molecule has 0 atom stereocenters. The van der Waals surface area contributed by atoms with Crippen molar-refractivity contribution in [3.63, 3.8) is 0 Å². The molecule has 3 aromatic rings. The Labute approximate surface area is 139 Å². The topological polar surface area (TPSA) is 66.4 Å². The Bertz CT molecular complexity index is 905. The molecule has 0 aliphatic carbocycles. The van der Waals surface area contributed by atoms with Crippen molar-refractivity contribution in [3.05, 3.63) is 51.4 Å². The minimum atomic E-state index is -3.61. The van der Waals surface area contributed by atoms with Crippen LogP contribution in [0.5, 0.6) is 5.75 Å². The van der Waals surface area contributed by atoms with Gasteiger partial charge < -0.3 is 5.11 Å². The van der Waals surface area contributed by atoms with Gasteiger partial charge in [0, 0.05) is 10.8 Å². The number of fused-ring (bicyclic) bond motifs is 1. The summed E-state index contributed by atoms with van der Waals surface area (Å²) in [7, 11) is -3.61. The van der Waals surface area contributed by atoms with Crippen LogP contribution in [0.1, 0.15) is 0 Å². The van der Waals surface area contributed by atoms with E-state index in [0.717, 1.165) is 11.3 Å². The largest absolute Gasteiger partial charge is 0.506 e. The number of halogens is 1. The number of phenols is 1. The van der Waals surface area contributed by atoms with E-state index in [4.69, 9.17) is 0 Å². The molecule has 7 heteroatoms. The molecule has 3 rings (SSSR count). The fourth-order valence-electron chi connectivity index (χ4n) is 2.02. The lowest BCUT2D eigenvalue weighted by molar-refractivity contribution is 0.478. The molecular weight excluding hydrogens is 421 g/mol. The second-order valence-electron chi connectivity index (χ2n) is 4.34. The predicted octanol–water partition coefficient (Wildman–Crippen LogP) is 4.01. The third kappa shape index (κ3) is 2.72. The van der Waals surface area contributed by atoms with Crippen molar-refractivity contribution in [1.29, 1.82) is 0 Å². The monoisotopic (exact) mass is 431 g/mol. The molecule has 108 valence electrons. The van der Waals surface area contributed by atoms with Crippen LogP contribution in [0.25, 0.3) is 10.8 Å². The van der Waals surface area contributed by atoms with Crippen molar-refractivity contribution in [2.45, 2.75) is 4.21 Å². The van der Waals surface area contributed by atoms with Crippen LogP contribution in [0, 0.1) is 3.57 Å². The number of hydrogen-bond acceptors (Lipinski definition) is 4. The maximum atomic E-state index is 12.3. The lowest BCUT2D eigenvalue weighted by atomic mass is 10.1. The Morgan fingerprint density at radius 2 is 1.81 bits per heavy atom. The quantitative estimate of drug-likeness (QED) is 0.487. The molecule has 2 N–H and O–H groups in total. The minimum absolute atomic E-state index is 0.158. The van der Waals surface area contributed by atoms with E-state index in [2.05, 4.69) is 4.72 Å². The number of thiophene rings is 1. The Morgan fingerprint density at radius 3 is 2.48 bits per heavy atom. The van der Waals surface area contributed by atoms with Crippen molar-refractivity contribution >= 4 is 60.4 Å². The summed E-state index contributed by atoms with van der Waals surface area (Å²) in [5.74, 6) is 0.158. The van der Waals surface area contributed by atoms with Gasteiger partial charge in [-0.1, -0.05) is 30.3 Å². The average Bonchev–Trinajstić information content (AvgIpc) is 2.99. The molecule has 0 fully saturated rings. The highest BCUT2D eigenvalue weighted by Crippen LogP contribution is 2.36. The van der Waals surface area contributed by atoms with E-state index in [1.165, 1.54) is 0 Å². The molecule has 1 heterocycles. The highest BCUT2D eigenvalue weighted by molar-refractivity contribution is 14.1. The smallest absolute Gasteiger partial charge is 0.271 e. The van der Waals surface area contributed by atoms with Gasteiger partial charge in [-0.25, -0.2) is 8.42 Å². The summed E-state index contributed by atoms with van der Waals surface area (Å²) in [4.78, 5) is 0. The molecular formula is C14H10INO3S2. The number of sulfonamides is 1. The zero-order chi connectivity index (χ0) is 15.0. The molecule has 0 saturated carbocycles. The average molecular weight is 431 g/mol. The van der Waals surface area contributed by atoms with Crippen LogP contribution in [-0.2, 0) is 10.0 Å². The maximum Gasteiger partial charge on any atom is 0.271 e. The summed E-state index contributed by atoms with van der Waals surface area (Å²) < 4.78 is 28.1. The van der Waals surface area contributed by atoms with Gasteiger partial charge in [0.25, 0.3) is 10.0 Å². The first-order valence-electron chi connectivity index (χ1n) is 5.95. The van der Waals surface area contributed by atoms with Gasteiger partial charge in [0.1, 0.15) is 9.96 Å². The highest BCUT2D eigenvalue weighted by Gasteiger charge is 2.18. The first-order chi connectivity index (χ1) is 9.99. The Hall–Kier alpha value is -1.32. The van der Waals surface area contributed by atoms with Gasteiger partial charge in [-0.05, 0) is 40.1 Å². The number of anilines is 1. The molecule has 0 saturated heterocycles. The van der Waals surface area contributed by atoms with E-state index < -0.39 is 10.0 Å². The van der Waals surface area contributed by atoms with E-state index in [0.29, 0.717) is 20.0 Å². The van der Waals surface area contributed by atoms with Gasteiger partial charge in [-0.15, -0.1) is 11.3 Å². The van der Waals surface area contributed by atoms with Crippen LogP contribution in [0.3, 0.4) is 0 Å². The predicted molar refractivity (Wildman–Crippen MR) is 93.5 cm³/mol. The van der Waals surface area contributed by atoms with Gasteiger partial charge in [0.2, 0.25) is 0 Å². The SMILES string of the molecule is O=S(=O)(Nc1cc(I)c(O)c2ccccc12)c1cccs1. The zero-order valence-corrected chi connectivity index (χ0v) is 14.4. The molecule has 0 spiro atoms. The third-order valence-corrected chi connectivity index (χ3v) is 6.56. The normalized spacial score (nSPS) is 11.7. The van der Waals surface area contributed by atoms with E-state index in [1.807, 2.05) is 22.6 Å². The van der Waals surface area contributed by atoms with Crippen LogP contribution in [0.4, 0.5) is 5.69 Å². The number of benzene rings is 2. The van der Waals surface area contributed by atoms with Gasteiger partial charge in [0.15, 0.2) is 0 Å². The van der Waals surface area contributed by atoms with E-state index >= 15 is 0 Å². The van der Waals surface area contributed by atoms with Gasteiger partial charge >= 0.3 is 0 Å². The summed E-state index contributed by atoms with van der Waals surface area (Å²) in [5, 5.41) is 13.1. The standard InChI is InChI=1S/C14H10INO3S2/c15-11-8-12(9-4-1-2-5-10(9)14(11)17)16-21(18,19)13-6-3-7-20-13/h1-8,16-17H. The number of hydrogen-bond donors (Lipinski definition) is 2. The van der Waals surface area contributed by atoms with E-state index in [1.54, 1.807) is 47.8 Å². The number of aromatic hydroxyl groups is 1. The summed E-state index contributed by atoms with van der Waals surface area (Å²) in [6.45, 7) is 0. The Morgan fingerprint density at radius 1 is 1.10 bits per heavy atom. The number of rotatable bonds is 3. The first-order valence-corrected chi connectivity index (χ1v) is 9.40. The molecule has 0 unspecified atom stereocenters. The Balaban J connectivity index is 2.16. The van der Waals surface area contributed by atoms with Crippen LogP contribution >= 0.6 is 33.9 Å². The third-order valence-electron chi connectivity index (χ3n) is 2.97. The molecule has 4 nitrogen and oxygen atoms in total. The van der Waals surface area contributed by atoms with Crippen molar-refractivity contribution in [2.75, 3.05) is 4.72 Å². The van der Waals surface area contributed by atoms with Gasteiger partial charge in [0.05, 0.1) is 9.26 Å². The molecule has 0 radical (unpaired) electrons. The molecule has 0 aliphatic heterocycles. The highest BCUT2D eigenvalue weighted by atomic mass is 127. The van der Waals surface area contributed by atoms with E-state index in [-0.39, 0.29) is 9.96 Å². The van der Waals surface area contributed by atoms with Crippen LogP contribution < -0.4 is 4.72 Å².